The van der Waals surface area contributed by atoms with Gasteiger partial charge in [0.25, 0.3) is 0 Å². The van der Waals surface area contributed by atoms with Crippen LogP contribution < -0.4 is 5.73 Å². The van der Waals surface area contributed by atoms with Gasteiger partial charge < -0.3 is 5.73 Å². The number of likely N-dealkylation sites (N-methyl/N-ethyl adjacent to an activating group) is 1. The van der Waals surface area contributed by atoms with Gasteiger partial charge in [0.1, 0.15) is 0 Å². The first-order valence-corrected chi connectivity index (χ1v) is 8.97. The minimum atomic E-state index is 0.126. The predicted molar refractivity (Wildman–Crippen MR) is 96.2 cm³/mol. The second kappa shape index (κ2) is 7.75. The lowest BCUT2D eigenvalue weighted by atomic mass is 10.0. The van der Waals surface area contributed by atoms with Crippen molar-refractivity contribution in [2.75, 3.05) is 13.6 Å². The highest BCUT2D eigenvalue weighted by molar-refractivity contribution is 9.10. The summed E-state index contributed by atoms with van der Waals surface area (Å²) >= 11 is 11.6. The lowest BCUT2D eigenvalue weighted by Gasteiger charge is -2.33. The molecule has 1 aromatic carbocycles. The number of thiophene rings is 1. The molecule has 1 aromatic heterocycles. The largest absolute Gasteiger partial charge is 0.329 e. The van der Waals surface area contributed by atoms with Gasteiger partial charge in [-0.1, -0.05) is 39.7 Å². The standard InChI is InChI=1S/C16H20BrClN2S/c1-11(8-13-4-3-7-21-13)20(2)16(10-19)14-6-5-12(17)9-15(14)18/h3-7,9,11,16H,8,10,19H2,1-2H3. The second-order valence-corrected chi connectivity index (χ2v) is 7.57. The van der Waals surface area contributed by atoms with Crippen molar-refractivity contribution in [1.82, 2.24) is 4.90 Å². The van der Waals surface area contributed by atoms with Crippen LogP contribution in [0, 0.1) is 0 Å². The lowest BCUT2D eigenvalue weighted by Crippen LogP contribution is -2.38. The first-order valence-electron chi connectivity index (χ1n) is 6.92. The molecule has 0 aliphatic heterocycles. The van der Waals surface area contributed by atoms with E-state index in [1.54, 1.807) is 11.3 Å². The molecule has 0 bridgehead atoms. The average Bonchev–Trinajstić information content (AvgIpc) is 2.94. The van der Waals surface area contributed by atoms with Crippen LogP contribution in [0.3, 0.4) is 0 Å². The Hall–Kier alpha value is -0.390. The van der Waals surface area contributed by atoms with Crippen molar-refractivity contribution in [3.63, 3.8) is 0 Å². The van der Waals surface area contributed by atoms with Crippen LogP contribution in [-0.4, -0.2) is 24.5 Å². The van der Waals surface area contributed by atoms with Crippen molar-refractivity contribution < 1.29 is 0 Å². The maximum atomic E-state index is 6.38. The Balaban J connectivity index is 2.15. The normalized spacial score (nSPS) is 14.4. The van der Waals surface area contributed by atoms with E-state index in [4.69, 9.17) is 17.3 Å². The Morgan fingerprint density at radius 1 is 1.38 bits per heavy atom. The van der Waals surface area contributed by atoms with Gasteiger partial charge in [0.2, 0.25) is 0 Å². The van der Waals surface area contributed by atoms with Crippen molar-refractivity contribution in [3.8, 4) is 0 Å². The number of rotatable bonds is 6. The lowest BCUT2D eigenvalue weighted by molar-refractivity contribution is 0.188. The molecule has 5 heteroatoms. The molecule has 0 radical (unpaired) electrons. The molecular weight excluding hydrogens is 368 g/mol. The molecule has 0 aliphatic carbocycles. The zero-order valence-electron chi connectivity index (χ0n) is 12.2. The maximum Gasteiger partial charge on any atom is 0.0485 e. The minimum absolute atomic E-state index is 0.126. The third-order valence-electron chi connectivity index (χ3n) is 3.81. The van der Waals surface area contributed by atoms with Crippen LogP contribution >= 0.6 is 38.9 Å². The third-order valence-corrected chi connectivity index (χ3v) is 5.53. The first kappa shape index (κ1) is 17.0. The Morgan fingerprint density at radius 3 is 2.71 bits per heavy atom. The molecule has 0 saturated heterocycles. The van der Waals surface area contributed by atoms with E-state index in [2.05, 4.69) is 58.4 Å². The zero-order valence-corrected chi connectivity index (χ0v) is 15.4. The zero-order chi connectivity index (χ0) is 15.4. The van der Waals surface area contributed by atoms with Crippen LogP contribution in [0.2, 0.25) is 5.02 Å². The van der Waals surface area contributed by atoms with E-state index in [0.717, 1.165) is 21.5 Å². The van der Waals surface area contributed by atoms with Gasteiger partial charge in [0.15, 0.2) is 0 Å². The number of hydrogen-bond acceptors (Lipinski definition) is 3. The van der Waals surface area contributed by atoms with Gasteiger partial charge >= 0.3 is 0 Å². The quantitative estimate of drug-likeness (QED) is 0.776. The molecule has 2 rings (SSSR count). The minimum Gasteiger partial charge on any atom is -0.329 e. The Bertz CT molecular complexity index is 574. The Labute approximate surface area is 144 Å². The fraction of sp³-hybridized carbons (Fsp3) is 0.375. The Morgan fingerprint density at radius 2 is 2.14 bits per heavy atom. The second-order valence-electron chi connectivity index (χ2n) is 5.22. The van der Waals surface area contributed by atoms with Crippen molar-refractivity contribution in [1.29, 1.82) is 0 Å². The maximum absolute atomic E-state index is 6.38. The molecule has 2 aromatic rings. The number of hydrogen-bond donors (Lipinski definition) is 1. The average molecular weight is 388 g/mol. The summed E-state index contributed by atoms with van der Waals surface area (Å²) in [6.45, 7) is 2.78. The van der Waals surface area contributed by atoms with Crippen molar-refractivity contribution in [2.45, 2.75) is 25.4 Å². The molecule has 2 nitrogen and oxygen atoms in total. The van der Waals surface area contributed by atoms with E-state index in [-0.39, 0.29) is 6.04 Å². The molecule has 0 fully saturated rings. The van der Waals surface area contributed by atoms with Gasteiger partial charge in [0, 0.05) is 33.0 Å². The molecular formula is C16H20BrClN2S. The summed E-state index contributed by atoms with van der Waals surface area (Å²) in [5.41, 5.74) is 7.10. The fourth-order valence-corrected chi connectivity index (χ4v) is 4.08. The molecule has 0 saturated carbocycles. The molecule has 21 heavy (non-hydrogen) atoms. The fourth-order valence-electron chi connectivity index (χ4n) is 2.46. The van der Waals surface area contributed by atoms with Crippen LogP contribution in [-0.2, 0) is 6.42 Å². The summed E-state index contributed by atoms with van der Waals surface area (Å²) in [5.74, 6) is 0. The van der Waals surface area contributed by atoms with E-state index >= 15 is 0 Å². The van der Waals surface area contributed by atoms with E-state index in [1.165, 1.54) is 4.88 Å². The van der Waals surface area contributed by atoms with E-state index in [0.29, 0.717) is 12.6 Å². The number of nitrogens with zero attached hydrogens (tertiary/aromatic N) is 1. The van der Waals surface area contributed by atoms with Crippen molar-refractivity contribution >= 4 is 38.9 Å². The van der Waals surface area contributed by atoms with Gasteiger partial charge in [-0.25, -0.2) is 0 Å². The van der Waals surface area contributed by atoms with Crippen LogP contribution in [0.1, 0.15) is 23.4 Å². The molecule has 1 heterocycles. The Kier molecular flexibility index (Phi) is 6.26. The number of benzene rings is 1. The molecule has 0 spiro atoms. The van der Waals surface area contributed by atoms with E-state index < -0.39 is 0 Å². The van der Waals surface area contributed by atoms with E-state index in [9.17, 15) is 0 Å². The van der Waals surface area contributed by atoms with Crippen LogP contribution in [0.25, 0.3) is 0 Å². The topological polar surface area (TPSA) is 29.3 Å². The molecule has 2 atom stereocenters. The summed E-state index contributed by atoms with van der Waals surface area (Å²) < 4.78 is 0.987. The highest BCUT2D eigenvalue weighted by Crippen LogP contribution is 2.30. The van der Waals surface area contributed by atoms with Crippen molar-refractivity contribution in [3.05, 3.63) is 55.6 Å². The van der Waals surface area contributed by atoms with Gasteiger partial charge in [-0.3, -0.25) is 4.90 Å². The first-order chi connectivity index (χ1) is 10.0. The molecule has 2 unspecified atom stereocenters. The summed E-state index contributed by atoms with van der Waals surface area (Å²) in [4.78, 5) is 3.71. The highest BCUT2D eigenvalue weighted by atomic mass is 79.9. The van der Waals surface area contributed by atoms with Gasteiger partial charge in [0.05, 0.1) is 0 Å². The number of nitrogens with two attached hydrogens (primary N) is 1. The summed E-state index contributed by atoms with van der Waals surface area (Å²) in [6.07, 6.45) is 1.03. The summed E-state index contributed by atoms with van der Waals surface area (Å²) in [5, 5.41) is 2.88. The predicted octanol–water partition coefficient (Wildman–Crippen LogP) is 4.73. The smallest absolute Gasteiger partial charge is 0.0485 e. The monoisotopic (exact) mass is 386 g/mol. The van der Waals surface area contributed by atoms with Gasteiger partial charge in [-0.2, -0.15) is 0 Å². The molecule has 114 valence electrons. The number of halogens is 2. The third kappa shape index (κ3) is 4.30. The summed E-state index contributed by atoms with van der Waals surface area (Å²) in [7, 11) is 2.12. The molecule has 0 aliphatic rings. The van der Waals surface area contributed by atoms with Gasteiger partial charge in [-0.05, 0) is 49.5 Å². The van der Waals surface area contributed by atoms with Crippen LogP contribution in [0.4, 0.5) is 0 Å². The summed E-state index contributed by atoms with van der Waals surface area (Å²) in [6, 6.07) is 10.8. The molecule has 2 N–H and O–H groups in total. The van der Waals surface area contributed by atoms with Crippen molar-refractivity contribution in [2.24, 2.45) is 5.73 Å². The molecule has 0 amide bonds. The van der Waals surface area contributed by atoms with Crippen LogP contribution in [0.5, 0.6) is 0 Å². The SMILES string of the molecule is CC(Cc1cccs1)N(C)C(CN)c1ccc(Br)cc1Cl. The van der Waals surface area contributed by atoms with Crippen LogP contribution in [0.15, 0.2) is 40.2 Å². The highest BCUT2D eigenvalue weighted by Gasteiger charge is 2.22. The van der Waals surface area contributed by atoms with Gasteiger partial charge in [-0.15, -0.1) is 11.3 Å². The van der Waals surface area contributed by atoms with E-state index in [1.807, 2.05) is 12.1 Å².